The second-order valence-corrected chi connectivity index (χ2v) is 4.35. The van der Waals surface area contributed by atoms with Gasteiger partial charge in [0.2, 0.25) is 0 Å². The van der Waals surface area contributed by atoms with E-state index in [1.807, 2.05) is 13.1 Å². The monoisotopic (exact) mass is 232 g/mol. The first-order valence-electron chi connectivity index (χ1n) is 6.15. The van der Waals surface area contributed by atoms with Crippen molar-refractivity contribution in [3.05, 3.63) is 24.5 Å². The SMILES string of the molecule is CCC(CNC)CNc1ccc2nc[nH]c2c1. The van der Waals surface area contributed by atoms with E-state index in [-0.39, 0.29) is 0 Å². The molecular formula is C13H20N4. The molecule has 0 fully saturated rings. The molecule has 1 aromatic carbocycles. The minimum atomic E-state index is 0.664. The Kier molecular flexibility index (Phi) is 3.98. The topological polar surface area (TPSA) is 52.7 Å². The van der Waals surface area contributed by atoms with Gasteiger partial charge in [-0.25, -0.2) is 4.98 Å². The predicted molar refractivity (Wildman–Crippen MR) is 72.3 cm³/mol. The Morgan fingerprint density at radius 1 is 1.35 bits per heavy atom. The highest BCUT2D eigenvalue weighted by atomic mass is 14.9. The van der Waals surface area contributed by atoms with Gasteiger partial charge in [-0.1, -0.05) is 13.3 Å². The first-order chi connectivity index (χ1) is 8.33. The van der Waals surface area contributed by atoms with Gasteiger partial charge in [0.15, 0.2) is 0 Å². The molecule has 0 aliphatic heterocycles. The third kappa shape index (κ3) is 2.97. The number of nitrogens with zero attached hydrogens (tertiary/aromatic N) is 1. The van der Waals surface area contributed by atoms with E-state index in [0.29, 0.717) is 5.92 Å². The zero-order chi connectivity index (χ0) is 12.1. The molecule has 1 aromatic heterocycles. The summed E-state index contributed by atoms with van der Waals surface area (Å²) in [4.78, 5) is 7.33. The van der Waals surface area contributed by atoms with Crippen molar-refractivity contribution in [1.29, 1.82) is 0 Å². The van der Waals surface area contributed by atoms with E-state index in [1.54, 1.807) is 6.33 Å². The average molecular weight is 232 g/mol. The van der Waals surface area contributed by atoms with Crippen molar-refractivity contribution in [1.82, 2.24) is 15.3 Å². The first-order valence-corrected chi connectivity index (χ1v) is 6.15. The van der Waals surface area contributed by atoms with Crippen molar-refractivity contribution in [3.63, 3.8) is 0 Å². The molecule has 0 aliphatic carbocycles. The van der Waals surface area contributed by atoms with Crippen molar-refractivity contribution in [2.24, 2.45) is 5.92 Å². The van der Waals surface area contributed by atoms with Crippen LogP contribution >= 0.6 is 0 Å². The van der Waals surface area contributed by atoms with E-state index in [2.05, 4.69) is 39.7 Å². The lowest BCUT2D eigenvalue weighted by molar-refractivity contribution is 0.507. The number of nitrogens with one attached hydrogen (secondary N) is 3. The lowest BCUT2D eigenvalue weighted by Gasteiger charge is -2.15. The molecule has 2 aromatic rings. The number of rotatable bonds is 6. The summed E-state index contributed by atoms with van der Waals surface area (Å²) in [7, 11) is 2.00. The molecule has 0 amide bonds. The molecule has 1 unspecified atom stereocenters. The lowest BCUT2D eigenvalue weighted by Crippen LogP contribution is -2.24. The van der Waals surface area contributed by atoms with E-state index < -0.39 is 0 Å². The van der Waals surface area contributed by atoms with Crippen LogP contribution in [0.1, 0.15) is 13.3 Å². The number of hydrogen-bond acceptors (Lipinski definition) is 3. The largest absolute Gasteiger partial charge is 0.385 e. The summed E-state index contributed by atoms with van der Waals surface area (Å²) < 4.78 is 0. The number of hydrogen-bond donors (Lipinski definition) is 3. The highest BCUT2D eigenvalue weighted by Crippen LogP contribution is 2.16. The van der Waals surface area contributed by atoms with Crippen LogP contribution in [-0.4, -0.2) is 30.1 Å². The fourth-order valence-electron chi connectivity index (χ4n) is 1.96. The zero-order valence-electron chi connectivity index (χ0n) is 10.5. The van der Waals surface area contributed by atoms with E-state index in [4.69, 9.17) is 0 Å². The molecule has 4 heteroatoms. The van der Waals surface area contributed by atoms with Gasteiger partial charge in [0.05, 0.1) is 17.4 Å². The molecule has 0 saturated carbocycles. The van der Waals surface area contributed by atoms with Gasteiger partial charge >= 0.3 is 0 Å². The second kappa shape index (κ2) is 5.68. The maximum Gasteiger partial charge on any atom is 0.0931 e. The first kappa shape index (κ1) is 11.9. The van der Waals surface area contributed by atoms with Crippen molar-refractivity contribution in [2.75, 3.05) is 25.5 Å². The standard InChI is InChI=1S/C13H20N4/c1-3-10(7-14-2)8-15-11-4-5-12-13(6-11)17-9-16-12/h4-6,9-10,14-15H,3,7-8H2,1-2H3,(H,16,17). The third-order valence-corrected chi connectivity index (χ3v) is 3.09. The molecule has 92 valence electrons. The lowest BCUT2D eigenvalue weighted by atomic mass is 10.1. The number of imidazole rings is 1. The summed E-state index contributed by atoms with van der Waals surface area (Å²) >= 11 is 0. The smallest absolute Gasteiger partial charge is 0.0931 e. The Hall–Kier alpha value is -1.55. The van der Waals surface area contributed by atoms with Crippen LogP contribution in [-0.2, 0) is 0 Å². The minimum absolute atomic E-state index is 0.664. The Labute approximate surface area is 102 Å². The Morgan fingerprint density at radius 2 is 2.24 bits per heavy atom. The summed E-state index contributed by atoms with van der Waals surface area (Å²) in [6.45, 7) is 4.27. The zero-order valence-corrected chi connectivity index (χ0v) is 10.5. The fourth-order valence-corrected chi connectivity index (χ4v) is 1.96. The predicted octanol–water partition coefficient (Wildman–Crippen LogP) is 2.22. The fraction of sp³-hybridized carbons (Fsp3) is 0.462. The van der Waals surface area contributed by atoms with Gasteiger partial charge in [-0.15, -0.1) is 0 Å². The van der Waals surface area contributed by atoms with E-state index in [9.17, 15) is 0 Å². The Balaban J connectivity index is 1.97. The van der Waals surface area contributed by atoms with Crippen LogP contribution in [0, 0.1) is 5.92 Å². The molecule has 1 heterocycles. The molecule has 2 rings (SSSR count). The molecule has 0 spiro atoms. The van der Waals surface area contributed by atoms with Crippen molar-refractivity contribution < 1.29 is 0 Å². The van der Waals surface area contributed by atoms with Crippen molar-refractivity contribution >= 4 is 16.7 Å². The van der Waals surface area contributed by atoms with E-state index in [1.165, 1.54) is 6.42 Å². The van der Waals surface area contributed by atoms with Crippen molar-refractivity contribution in [3.8, 4) is 0 Å². The normalized spacial score (nSPS) is 12.8. The number of H-pyrrole nitrogens is 1. The Morgan fingerprint density at radius 3 is 3.00 bits per heavy atom. The minimum Gasteiger partial charge on any atom is -0.385 e. The van der Waals surface area contributed by atoms with Crippen LogP contribution < -0.4 is 10.6 Å². The van der Waals surface area contributed by atoms with Gasteiger partial charge in [-0.2, -0.15) is 0 Å². The Bertz CT molecular complexity index is 463. The molecule has 0 bridgehead atoms. The van der Waals surface area contributed by atoms with Crippen LogP contribution in [0.5, 0.6) is 0 Å². The van der Waals surface area contributed by atoms with E-state index >= 15 is 0 Å². The summed E-state index contributed by atoms with van der Waals surface area (Å²) in [6, 6.07) is 6.22. The summed E-state index contributed by atoms with van der Waals surface area (Å²) in [5.74, 6) is 0.664. The van der Waals surface area contributed by atoms with Gasteiger partial charge in [0.25, 0.3) is 0 Å². The van der Waals surface area contributed by atoms with E-state index in [0.717, 1.165) is 29.8 Å². The number of fused-ring (bicyclic) bond motifs is 1. The number of anilines is 1. The molecule has 4 nitrogen and oxygen atoms in total. The maximum absolute atomic E-state index is 4.21. The van der Waals surface area contributed by atoms with Gasteiger partial charge in [-0.05, 0) is 37.7 Å². The molecule has 17 heavy (non-hydrogen) atoms. The summed E-state index contributed by atoms with van der Waals surface area (Å²) in [5.41, 5.74) is 3.24. The second-order valence-electron chi connectivity index (χ2n) is 4.35. The van der Waals surface area contributed by atoms with Gasteiger partial charge in [0, 0.05) is 12.2 Å². The summed E-state index contributed by atoms with van der Waals surface area (Å²) in [6.07, 6.45) is 2.91. The van der Waals surface area contributed by atoms with Gasteiger partial charge < -0.3 is 15.6 Å². The maximum atomic E-state index is 4.21. The van der Waals surface area contributed by atoms with Gasteiger partial charge in [-0.3, -0.25) is 0 Å². The molecule has 1 atom stereocenters. The molecule has 0 radical (unpaired) electrons. The number of benzene rings is 1. The highest BCUT2D eigenvalue weighted by molar-refractivity contribution is 5.78. The number of aromatic nitrogens is 2. The average Bonchev–Trinajstić information content (AvgIpc) is 2.81. The molecule has 0 aliphatic rings. The van der Waals surface area contributed by atoms with Gasteiger partial charge in [0.1, 0.15) is 0 Å². The quantitative estimate of drug-likeness (QED) is 0.716. The number of aromatic amines is 1. The van der Waals surface area contributed by atoms with Crippen LogP contribution in [0.2, 0.25) is 0 Å². The van der Waals surface area contributed by atoms with Crippen LogP contribution in [0.4, 0.5) is 5.69 Å². The highest BCUT2D eigenvalue weighted by Gasteiger charge is 2.05. The third-order valence-electron chi connectivity index (χ3n) is 3.09. The molecule has 3 N–H and O–H groups in total. The van der Waals surface area contributed by atoms with Crippen LogP contribution in [0.3, 0.4) is 0 Å². The van der Waals surface area contributed by atoms with Crippen LogP contribution in [0.15, 0.2) is 24.5 Å². The molecule has 0 saturated heterocycles. The van der Waals surface area contributed by atoms with Crippen molar-refractivity contribution in [2.45, 2.75) is 13.3 Å². The molecular weight excluding hydrogens is 212 g/mol. The van der Waals surface area contributed by atoms with Crippen LogP contribution in [0.25, 0.3) is 11.0 Å². The summed E-state index contributed by atoms with van der Waals surface area (Å²) in [5, 5.41) is 6.70.